The highest BCUT2D eigenvalue weighted by molar-refractivity contribution is 5.95. The summed E-state index contributed by atoms with van der Waals surface area (Å²) >= 11 is 0. The van der Waals surface area contributed by atoms with Crippen molar-refractivity contribution in [2.75, 3.05) is 6.61 Å². The molecule has 0 radical (unpaired) electrons. The number of para-hydroxylation sites is 1. The highest BCUT2D eigenvalue weighted by Gasteiger charge is 2.40. The van der Waals surface area contributed by atoms with Crippen LogP contribution in [0.4, 0.5) is 0 Å². The molecule has 1 aromatic heterocycles. The lowest BCUT2D eigenvalue weighted by molar-refractivity contribution is 0.0748. The number of benzene rings is 1. The molecule has 1 aromatic carbocycles. The van der Waals surface area contributed by atoms with Gasteiger partial charge < -0.3 is 15.8 Å². The third-order valence-corrected chi connectivity index (χ3v) is 5.89. The quantitative estimate of drug-likeness (QED) is 0.850. The molecule has 3 N–H and O–H groups in total. The maximum atomic E-state index is 13.1. The van der Waals surface area contributed by atoms with Crippen LogP contribution in [0.25, 0.3) is 5.69 Å². The van der Waals surface area contributed by atoms with E-state index in [1.54, 1.807) is 10.9 Å². The molecule has 0 aliphatic heterocycles. The van der Waals surface area contributed by atoms with Crippen LogP contribution in [0, 0.1) is 11.8 Å². The monoisotopic (exact) mass is 368 g/mol. The van der Waals surface area contributed by atoms with Gasteiger partial charge >= 0.3 is 0 Å². The van der Waals surface area contributed by atoms with Crippen LogP contribution < -0.4 is 15.8 Å². The van der Waals surface area contributed by atoms with Crippen molar-refractivity contribution in [2.24, 2.45) is 17.6 Å². The highest BCUT2D eigenvalue weighted by Crippen LogP contribution is 2.39. The van der Waals surface area contributed by atoms with Gasteiger partial charge in [0.2, 0.25) is 0 Å². The Bertz CT molecular complexity index is 775. The van der Waals surface area contributed by atoms with Crippen LogP contribution in [0.2, 0.25) is 0 Å². The van der Waals surface area contributed by atoms with E-state index in [9.17, 15) is 4.79 Å². The van der Waals surface area contributed by atoms with Crippen LogP contribution in [-0.2, 0) is 0 Å². The number of nitrogens with one attached hydrogen (secondary N) is 1. The number of hydrogen-bond donors (Lipinski definition) is 2. The molecule has 2 saturated carbocycles. The van der Waals surface area contributed by atoms with Crippen LogP contribution in [0.5, 0.6) is 5.75 Å². The summed E-state index contributed by atoms with van der Waals surface area (Å²) in [5.74, 6) is 1.33. The summed E-state index contributed by atoms with van der Waals surface area (Å²) in [7, 11) is 0. The number of fused-ring (bicyclic) bond motifs is 2. The molecule has 6 nitrogen and oxygen atoms in total. The van der Waals surface area contributed by atoms with Gasteiger partial charge in [-0.3, -0.25) is 4.79 Å². The van der Waals surface area contributed by atoms with Crippen molar-refractivity contribution in [3.63, 3.8) is 0 Å². The number of ether oxygens (including phenoxy) is 1. The Morgan fingerprint density at radius 1 is 1.26 bits per heavy atom. The molecule has 2 unspecified atom stereocenters. The number of aromatic nitrogens is 2. The Balaban J connectivity index is 1.57. The zero-order chi connectivity index (χ0) is 18.8. The molecule has 2 aliphatic rings. The van der Waals surface area contributed by atoms with Gasteiger partial charge in [0.15, 0.2) is 11.4 Å². The summed E-state index contributed by atoms with van der Waals surface area (Å²) in [6.45, 7) is 2.40. The summed E-state index contributed by atoms with van der Waals surface area (Å²) in [6, 6.07) is 10.2. The summed E-state index contributed by atoms with van der Waals surface area (Å²) < 4.78 is 7.40. The third kappa shape index (κ3) is 3.72. The minimum absolute atomic E-state index is 0.148. The lowest BCUT2D eigenvalue weighted by Gasteiger charge is -2.45. The smallest absolute Gasteiger partial charge is 0.275 e. The van der Waals surface area contributed by atoms with E-state index in [1.165, 1.54) is 6.42 Å². The van der Waals surface area contributed by atoms with Crippen LogP contribution in [0.15, 0.2) is 36.5 Å². The van der Waals surface area contributed by atoms with Gasteiger partial charge in [0.05, 0.1) is 18.5 Å². The van der Waals surface area contributed by atoms with E-state index < -0.39 is 0 Å². The Morgan fingerprint density at radius 2 is 1.96 bits per heavy atom. The molecule has 1 amide bonds. The van der Waals surface area contributed by atoms with Crippen LogP contribution in [-0.4, -0.2) is 34.4 Å². The normalized spacial score (nSPS) is 27.2. The van der Waals surface area contributed by atoms with Gasteiger partial charge in [-0.1, -0.05) is 24.6 Å². The van der Waals surface area contributed by atoms with Crippen LogP contribution in [0.1, 0.15) is 49.5 Å². The molecule has 0 saturated heterocycles. The van der Waals surface area contributed by atoms with Crippen LogP contribution in [0.3, 0.4) is 0 Å². The molecule has 2 bridgehead atoms. The molecular formula is C21H28N4O2. The van der Waals surface area contributed by atoms with Crippen molar-refractivity contribution < 1.29 is 9.53 Å². The van der Waals surface area contributed by atoms with Gasteiger partial charge in [-0.25, -0.2) is 4.68 Å². The molecule has 2 fully saturated rings. The third-order valence-electron chi connectivity index (χ3n) is 5.89. The van der Waals surface area contributed by atoms with Gasteiger partial charge in [0, 0.05) is 12.1 Å². The van der Waals surface area contributed by atoms with E-state index in [2.05, 4.69) is 10.4 Å². The maximum absolute atomic E-state index is 13.1. The van der Waals surface area contributed by atoms with Crippen molar-refractivity contribution in [3.8, 4) is 11.4 Å². The van der Waals surface area contributed by atoms with E-state index >= 15 is 0 Å². The second kappa shape index (κ2) is 7.72. The molecule has 1 heterocycles. The predicted octanol–water partition coefficient (Wildman–Crippen LogP) is 2.91. The Labute approximate surface area is 160 Å². The first-order valence-electron chi connectivity index (χ1n) is 10.00. The number of hydrogen-bond acceptors (Lipinski definition) is 4. The lowest BCUT2D eigenvalue weighted by Crippen LogP contribution is -2.53. The topological polar surface area (TPSA) is 82.2 Å². The van der Waals surface area contributed by atoms with E-state index in [1.807, 2.05) is 37.3 Å². The van der Waals surface area contributed by atoms with E-state index in [-0.39, 0.29) is 18.0 Å². The molecule has 2 aromatic rings. The fraction of sp³-hybridized carbons (Fsp3) is 0.524. The van der Waals surface area contributed by atoms with Crippen molar-refractivity contribution >= 4 is 5.91 Å². The number of carbonyl (C=O) groups excluding carboxylic acids is 1. The summed E-state index contributed by atoms with van der Waals surface area (Å²) in [5.41, 5.74) is 7.47. The average molecular weight is 368 g/mol. The number of carbonyl (C=O) groups is 1. The number of nitrogens with two attached hydrogens (primary N) is 1. The van der Waals surface area contributed by atoms with Crippen molar-refractivity contribution in [1.82, 2.24) is 15.1 Å². The molecule has 4 rings (SSSR count). The molecule has 27 heavy (non-hydrogen) atoms. The first kappa shape index (κ1) is 18.0. The molecule has 2 aliphatic carbocycles. The summed E-state index contributed by atoms with van der Waals surface area (Å²) in [4.78, 5) is 13.1. The Kier molecular flexibility index (Phi) is 5.16. The van der Waals surface area contributed by atoms with Gasteiger partial charge in [-0.05, 0) is 56.6 Å². The first-order chi connectivity index (χ1) is 13.2. The van der Waals surface area contributed by atoms with Crippen molar-refractivity contribution in [3.05, 3.63) is 42.2 Å². The van der Waals surface area contributed by atoms with Gasteiger partial charge in [0.1, 0.15) is 0 Å². The zero-order valence-corrected chi connectivity index (χ0v) is 15.8. The first-order valence-corrected chi connectivity index (χ1v) is 10.00. The summed E-state index contributed by atoms with van der Waals surface area (Å²) in [5, 5.41) is 7.80. The molecule has 0 spiro atoms. The second-order valence-corrected chi connectivity index (χ2v) is 7.74. The van der Waals surface area contributed by atoms with Crippen LogP contribution >= 0.6 is 0 Å². The van der Waals surface area contributed by atoms with Gasteiger partial charge in [-0.15, -0.1) is 0 Å². The van der Waals surface area contributed by atoms with Crippen molar-refractivity contribution in [2.45, 2.75) is 51.1 Å². The van der Waals surface area contributed by atoms with E-state index in [0.717, 1.165) is 31.4 Å². The average Bonchev–Trinajstić information content (AvgIpc) is 3.08. The minimum Gasteiger partial charge on any atom is -0.490 e. The van der Waals surface area contributed by atoms with Crippen molar-refractivity contribution in [1.29, 1.82) is 0 Å². The van der Waals surface area contributed by atoms with Gasteiger partial charge in [-0.2, -0.15) is 5.10 Å². The number of nitrogens with zero attached hydrogens (tertiary/aromatic N) is 2. The maximum Gasteiger partial charge on any atom is 0.275 e. The van der Waals surface area contributed by atoms with E-state index in [0.29, 0.717) is 29.9 Å². The Morgan fingerprint density at radius 3 is 2.63 bits per heavy atom. The highest BCUT2D eigenvalue weighted by atomic mass is 16.5. The number of rotatable bonds is 5. The molecule has 144 valence electrons. The fourth-order valence-corrected chi connectivity index (χ4v) is 4.73. The largest absolute Gasteiger partial charge is 0.490 e. The second-order valence-electron chi connectivity index (χ2n) is 7.74. The molecule has 6 heteroatoms. The zero-order valence-electron chi connectivity index (χ0n) is 15.8. The predicted molar refractivity (Wildman–Crippen MR) is 104 cm³/mol. The SMILES string of the molecule is CCOc1cn(-c2ccccc2)nc1C(=O)NC1C2CCCC1CC(N)C2. The minimum atomic E-state index is -0.148. The lowest BCUT2D eigenvalue weighted by atomic mass is 9.67. The number of amides is 1. The van der Waals surface area contributed by atoms with E-state index in [4.69, 9.17) is 10.5 Å². The summed E-state index contributed by atoms with van der Waals surface area (Å²) in [6.07, 6.45) is 7.31. The molecular weight excluding hydrogens is 340 g/mol. The van der Waals surface area contributed by atoms with Gasteiger partial charge in [0.25, 0.3) is 5.91 Å². The standard InChI is InChI=1S/C21H28N4O2/c1-2-27-18-13-25(17-9-4-3-5-10-17)24-20(18)21(26)23-19-14-7-6-8-15(19)12-16(22)11-14/h3-5,9-10,13-16,19H,2,6-8,11-12,22H2,1H3,(H,23,26). The molecule has 2 atom stereocenters. The fourth-order valence-electron chi connectivity index (χ4n) is 4.73. The Hall–Kier alpha value is -2.34.